The van der Waals surface area contributed by atoms with E-state index >= 15 is 0 Å². The number of alkyl halides is 6. The van der Waals surface area contributed by atoms with E-state index in [1.54, 1.807) is 56.7 Å². The topological polar surface area (TPSA) is 235 Å². The van der Waals surface area contributed by atoms with Crippen molar-refractivity contribution >= 4 is 63.9 Å². The van der Waals surface area contributed by atoms with Gasteiger partial charge in [0.1, 0.15) is 0 Å². The normalized spacial score (nSPS) is 11.0. The van der Waals surface area contributed by atoms with Crippen LogP contribution < -0.4 is 32.3 Å². The van der Waals surface area contributed by atoms with Crippen molar-refractivity contribution in [3.63, 3.8) is 0 Å². The van der Waals surface area contributed by atoms with Crippen LogP contribution in [0.1, 0.15) is 121 Å². The molecule has 86 heavy (non-hydrogen) atoms. The Morgan fingerprint density at radius 1 is 0.535 bits per heavy atom. The fraction of sp³-hybridized carbons (Fsp3) is 0.258. The highest BCUT2D eigenvalue weighted by atomic mass is 35.5. The number of rotatable bonds is 15. The predicted molar refractivity (Wildman–Crippen MR) is 322 cm³/mol. The number of nitrogens with one attached hydrogen (secondary N) is 5. The SMILES string of the molecule is CCN(C(C)C)C(C)C.Cc1ccc(NC(=O)c2cccc(C(F)(F)F)c2C)cc1C(=O)Nc1cnc(Cl)nc1.Cc1ccc(NC(=O)c2cccc(C(F)(F)F)c2C)cc1C(=O)Nc1cnc(NCc2ccccn2)nc1.NCc1cccnc1. The van der Waals surface area contributed by atoms with E-state index < -0.39 is 47.1 Å². The maximum atomic E-state index is 13.2. The molecule has 0 bridgehead atoms. The molecule has 0 spiro atoms. The molecule has 0 saturated carbocycles. The number of halogens is 7. The lowest BCUT2D eigenvalue weighted by atomic mass is 10.0. The molecule has 0 unspecified atom stereocenters. The van der Waals surface area contributed by atoms with E-state index in [0.717, 1.165) is 29.9 Å². The summed E-state index contributed by atoms with van der Waals surface area (Å²) in [5, 5.41) is 13.5. The molecular weight excluding hydrogens is 1140 g/mol. The number of aryl methyl sites for hydroxylation is 2. The van der Waals surface area contributed by atoms with Crippen molar-refractivity contribution in [1.29, 1.82) is 0 Å². The Labute approximate surface area is 499 Å². The van der Waals surface area contributed by atoms with E-state index in [2.05, 4.69) is 96.0 Å². The first-order valence-corrected chi connectivity index (χ1v) is 27.2. The maximum Gasteiger partial charge on any atom is 0.416 e. The van der Waals surface area contributed by atoms with Gasteiger partial charge in [0.15, 0.2) is 0 Å². The number of nitrogens with zero attached hydrogens (tertiary/aromatic N) is 7. The van der Waals surface area contributed by atoms with Gasteiger partial charge < -0.3 is 32.3 Å². The molecule has 0 aliphatic carbocycles. The highest BCUT2D eigenvalue weighted by Gasteiger charge is 2.35. The van der Waals surface area contributed by atoms with Gasteiger partial charge in [0.25, 0.3) is 23.6 Å². The lowest BCUT2D eigenvalue weighted by Crippen LogP contribution is -2.36. The van der Waals surface area contributed by atoms with Crippen molar-refractivity contribution in [2.24, 2.45) is 5.73 Å². The van der Waals surface area contributed by atoms with Gasteiger partial charge in [0.05, 0.1) is 59.5 Å². The minimum absolute atomic E-state index is 0.0313. The van der Waals surface area contributed by atoms with Crippen LogP contribution in [-0.4, -0.2) is 77.1 Å². The van der Waals surface area contributed by atoms with E-state index in [1.807, 2.05) is 30.3 Å². The number of hydrogen-bond donors (Lipinski definition) is 6. The van der Waals surface area contributed by atoms with Gasteiger partial charge in [-0.1, -0.05) is 43.3 Å². The summed E-state index contributed by atoms with van der Waals surface area (Å²) >= 11 is 5.62. The lowest BCUT2D eigenvalue weighted by molar-refractivity contribution is -0.138. The zero-order valence-corrected chi connectivity index (χ0v) is 49.4. The quantitative estimate of drug-likeness (QED) is 0.0414. The summed E-state index contributed by atoms with van der Waals surface area (Å²) in [6.45, 7) is 19.2. The Morgan fingerprint density at radius 3 is 1.36 bits per heavy atom. The zero-order chi connectivity index (χ0) is 63.3. The summed E-state index contributed by atoms with van der Waals surface area (Å²) < 4.78 is 79.0. The molecule has 0 aliphatic rings. The van der Waals surface area contributed by atoms with Gasteiger partial charge in [-0.05, 0) is 168 Å². The molecule has 4 aromatic carbocycles. The number of pyridine rings is 2. The van der Waals surface area contributed by atoms with Crippen molar-refractivity contribution in [1.82, 2.24) is 34.8 Å². The zero-order valence-electron chi connectivity index (χ0n) is 48.6. The fourth-order valence-corrected chi connectivity index (χ4v) is 8.54. The molecule has 8 rings (SSSR count). The second kappa shape index (κ2) is 31.6. The molecule has 0 radical (unpaired) electrons. The second-order valence-electron chi connectivity index (χ2n) is 19.6. The van der Waals surface area contributed by atoms with Crippen LogP contribution in [0.2, 0.25) is 5.28 Å². The standard InChI is InChI=1S/C27H23F3N6O2.C21H16ClF3N4O2.C8H19N.C6H8N2/c1-16-9-10-18(35-24(37)21-7-5-8-23(17(21)2)27(28,29)30)12-22(16)25(38)36-20-14-33-26(34-15-20)32-13-19-6-3-4-11-31-19;1-11-6-7-13(8-16(11)19(31)29-14-9-26-20(22)27-10-14)28-18(30)15-4-3-5-17(12(15)2)21(23,24)25;1-6-9(7(2)3)8(4)5;7-4-6-2-1-3-8-5-6/h3-12,14-15H,13H2,1-2H3,(H,35,37)(H,36,38)(H,32,33,34);3-10H,1-2H3,(H,28,30)(H,29,31);7-8H,6H2,1-5H3;1-3,5H,4,7H2. The Morgan fingerprint density at radius 2 is 0.988 bits per heavy atom. The van der Waals surface area contributed by atoms with Crippen LogP contribution >= 0.6 is 11.6 Å². The summed E-state index contributed by atoms with van der Waals surface area (Å²) in [5.41, 5.74) is 7.83. The number of carbonyl (C=O) groups is 4. The number of benzene rings is 4. The van der Waals surface area contributed by atoms with Crippen LogP contribution in [0.3, 0.4) is 0 Å². The van der Waals surface area contributed by atoms with Crippen LogP contribution in [0.25, 0.3) is 0 Å². The van der Waals surface area contributed by atoms with E-state index in [0.29, 0.717) is 53.6 Å². The first-order valence-electron chi connectivity index (χ1n) is 26.8. The van der Waals surface area contributed by atoms with Crippen molar-refractivity contribution < 1.29 is 45.5 Å². The van der Waals surface area contributed by atoms with Crippen LogP contribution in [-0.2, 0) is 25.4 Å². The highest BCUT2D eigenvalue weighted by molar-refractivity contribution is 6.28. The average Bonchev–Trinajstić information content (AvgIpc) is 2.99. The molecule has 17 nitrogen and oxygen atoms in total. The number of nitrogens with two attached hydrogens (primary N) is 1. The highest BCUT2D eigenvalue weighted by Crippen LogP contribution is 2.35. The Bertz CT molecular complexity index is 3530. The van der Waals surface area contributed by atoms with Gasteiger partial charge in [0.2, 0.25) is 11.2 Å². The van der Waals surface area contributed by atoms with Crippen molar-refractivity contribution in [2.45, 2.75) is 99.8 Å². The van der Waals surface area contributed by atoms with Crippen LogP contribution in [0.15, 0.2) is 147 Å². The van der Waals surface area contributed by atoms with Crippen molar-refractivity contribution in [3.8, 4) is 0 Å². The molecule has 4 heterocycles. The Hall–Kier alpha value is -9.19. The van der Waals surface area contributed by atoms with Crippen LogP contribution in [0.4, 0.5) is 55.0 Å². The summed E-state index contributed by atoms with van der Waals surface area (Å²) in [6.07, 6.45) is 1.61. The molecule has 0 saturated heterocycles. The second-order valence-corrected chi connectivity index (χ2v) is 20.0. The molecule has 0 atom stereocenters. The van der Waals surface area contributed by atoms with Crippen molar-refractivity contribution in [2.75, 3.05) is 33.1 Å². The molecular formula is C62H66ClF6N13O4. The summed E-state index contributed by atoms with van der Waals surface area (Å²) in [7, 11) is 0. The molecule has 8 aromatic rings. The lowest BCUT2D eigenvalue weighted by Gasteiger charge is -2.28. The van der Waals surface area contributed by atoms with Gasteiger partial charge in [0, 0.05) is 70.8 Å². The largest absolute Gasteiger partial charge is 0.416 e. The minimum atomic E-state index is -4.58. The molecule has 7 N–H and O–H groups in total. The first-order chi connectivity index (χ1) is 40.7. The summed E-state index contributed by atoms with van der Waals surface area (Å²) in [5.74, 6) is -2.02. The molecule has 4 amide bonds. The number of carbonyl (C=O) groups excluding carboxylic acids is 4. The number of aromatic nitrogens is 6. The number of amides is 4. The van der Waals surface area contributed by atoms with E-state index in [4.69, 9.17) is 17.3 Å². The van der Waals surface area contributed by atoms with Gasteiger partial charge in [-0.3, -0.25) is 34.0 Å². The average molecular weight is 1210 g/mol. The monoisotopic (exact) mass is 1210 g/mol. The molecule has 452 valence electrons. The van der Waals surface area contributed by atoms with E-state index in [-0.39, 0.29) is 50.0 Å². The van der Waals surface area contributed by atoms with Gasteiger partial charge >= 0.3 is 12.4 Å². The fourth-order valence-electron chi connectivity index (χ4n) is 8.44. The third-order valence-corrected chi connectivity index (χ3v) is 13.0. The first kappa shape index (κ1) is 67.6. The van der Waals surface area contributed by atoms with Gasteiger partial charge in [-0.25, -0.2) is 19.9 Å². The summed E-state index contributed by atoms with van der Waals surface area (Å²) in [4.78, 5) is 77.3. The summed E-state index contributed by atoms with van der Waals surface area (Å²) in [6, 6.07) is 26.8. The van der Waals surface area contributed by atoms with Crippen molar-refractivity contribution in [3.05, 3.63) is 219 Å². The van der Waals surface area contributed by atoms with Crippen LogP contribution in [0, 0.1) is 27.7 Å². The molecule has 24 heteroatoms. The third kappa shape index (κ3) is 20.3. The molecule has 0 fully saturated rings. The smallest absolute Gasteiger partial charge is 0.349 e. The number of anilines is 5. The minimum Gasteiger partial charge on any atom is -0.349 e. The van der Waals surface area contributed by atoms with Crippen LogP contribution in [0.5, 0.6) is 0 Å². The molecule has 0 aliphatic heterocycles. The molecule has 4 aromatic heterocycles. The van der Waals surface area contributed by atoms with E-state index in [9.17, 15) is 45.5 Å². The Balaban J connectivity index is 0.000000249. The maximum absolute atomic E-state index is 13.2. The van der Waals surface area contributed by atoms with Gasteiger partial charge in [-0.2, -0.15) is 26.3 Å². The van der Waals surface area contributed by atoms with E-state index in [1.165, 1.54) is 75.0 Å². The Kier molecular flexibility index (Phi) is 24.9. The predicted octanol–water partition coefficient (Wildman–Crippen LogP) is 13.6. The van der Waals surface area contributed by atoms with Gasteiger partial charge in [-0.15, -0.1) is 0 Å². The number of hydrogen-bond acceptors (Lipinski definition) is 13. The third-order valence-electron chi connectivity index (χ3n) is 12.8.